The van der Waals surface area contributed by atoms with Gasteiger partial charge in [-0.15, -0.1) is 0 Å². The fraction of sp³-hybridized carbons (Fsp3) is 0.278. The lowest BCUT2D eigenvalue weighted by molar-refractivity contribution is 0.130. The van der Waals surface area contributed by atoms with Crippen LogP contribution in [0.15, 0.2) is 53.7 Å². The molecular weight excluding hydrogens is 265 g/mol. The summed E-state index contributed by atoms with van der Waals surface area (Å²) in [6, 6.07) is 15.0. The van der Waals surface area contributed by atoms with Crippen LogP contribution in [-0.4, -0.2) is 5.71 Å². The number of aryl methyl sites for hydroxylation is 1. The third kappa shape index (κ3) is 4.42. The minimum atomic E-state index is -0.209. The Balaban J connectivity index is 2.10. The average Bonchev–Trinajstić information content (AvgIpc) is 2.50. The van der Waals surface area contributed by atoms with Gasteiger partial charge in [0.15, 0.2) is 0 Å². The Morgan fingerprint density at radius 1 is 1.14 bits per heavy atom. The van der Waals surface area contributed by atoms with E-state index in [4.69, 9.17) is 4.84 Å². The molecule has 0 spiro atoms. The van der Waals surface area contributed by atoms with E-state index in [0.29, 0.717) is 12.2 Å². The van der Waals surface area contributed by atoms with E-state index in [0.717, 1.165) is 29.7 Å². The van der Waals surface area contributed by atoms with Gasteiger partial charge in [-0.1, -0.05) is 61.0 Å². The number of halogens is 1. The molecule has 2 aromatic carbocycles. The zero-order valence-electron chi connectivity index (χ0n) is 12.5. The lowest BCUT2D eigenvalue weighted by Gasteiger charge is -2.07. The Morgan fingerprint density at radius 2 is 1.90 bits per heavy atom. The molecule has 0 heterocycles. The van der Waals surface area contributed by atoms with Crippen molar-refractivity contribution >= 4 is 5.71 Å². The molecule has 0 radical (unpaired) electrons. The molecular formula is C18H20FNO. The van der Waals surface area contributed by atoms with E-state index in [9.17, 15) is 4.39 Å². The summed E-state index contributed by atoms with van der Waals surface area (Å²) in [4.78, 5) is 5.42. The van der Waals surface area contributed by atoms with E-state index in [-0.39, 0.29) is 5.82 Å². The van der Waals surface area contributed by atoms with Crippen molar-refractivity contribution in [2.24, 2.45) is 5.16 Å². The highest BCUT2D eigenvalue weighted by Crippen LogP contribution is 2.13. The molecule has 0 aliphatic heterocycles. The molecule has 0 amide bonds. The topological polar surface area (TPSA) is 21.6 Å². The Hall–Kier alpha value is -2.16. The van der Waals surface area contributed by atoms with Crippen molar-refractivity contribution in [2.45, 2.75) is 33.3 Å². The number of hydrogen-bond acceptors (Lipinski definition) is 2. The van der Waals surface area contributed by atoms with Gasteiger partial charge >= 0.3 is 0 Å². The van der Waals surface area contributed by atoms with Crippen molar-refractivity contribution in [2.75, 3.05) is 0 Å². The van der Waals surface area contributed by atoms with Crippen LogP contribution in [0.3, 0.4) is 0 Å². The molecule has 2 rings (SSSR count). The molecule has 0 aliphatic carbocycles. The molecule has 0 atom stereocenters. The Kier molecular flexibility index (Phi) is 5.50. The van der Waals surface area contributed by atoms with E-state index in [1.807, 2.05) is 36.4 Å². The molecule has 3 heteroatoms. The summed E-state index contributed by atoms with van der Waals surface area (Å²) < 4.78 is 13.7. The van der Waals surface area contributed by atoms with Gasteiger partial charge in [-0.25, -0.2) is 4.39 Å². The molecule has 2 aromatic rings. The molecule has 0 aliphatic rings. The zero-order valence-corrected chi connectivity index (χ0v) is 12.5. The summed E-state index contributed by atoms with van der Waals surface area (Å²) in [7, 11) is 0. The van der Waals surface area contributed by atoms with Crippen molar-refractivity contribution in [3.8, 4) is 0 Å². The first kappa shape index (κ1) is 15.2. The van der Waals surface area contributed by atoms with Gasteiger partial charge in [-0.2, -0.15) is 0 Å². The Morgan fingerprint density at radius 3 is 2.57 bits per heavy atom. The van der Waals surface area contributed by atoms with Crippen molar-refractivity contribution in [1.29, 1.82) is 0 Å². The lowest BCUT2D eigenvalue weighted by atomic mass is 10.0. The van der Waals surface area contributed by atoms with Crippen LogP contribution in [0.5, 0.6) is 0 Å². The van der Waals surface area contributed by atoms with Crippen LogP contribution in [0, 0.1) is 12.7 Å². The van der Waals surface area contributed by atoms with Gasteiger partial charge in [0.05, 0.1) is 5.71 Å². The molecule has 0 N–H and O–H groups in total. The van der Waals surface area contributed by atoms with Gasteiger partial charge < -0.3 is 4.84 Å². The molecule has 0 bridgehead atoms. The van der Waals surface area contributed by atoms with Gasteiger partial charge in [0, 0.05) is 5.56 Å². The Labute approximate surface area is 125 Å². The third-order valence-corrected chi connectivity index (χ3v) is 3.24. The predicted molar refractivity (Wildman–Crippen MR) is 83.8 cm³/mol. The summed E-state index contributed by atoms with van der Waals surface area (Å²) in [5, 5.41) is 4.20. The summed E-state index contributed by atoms with van der Waals surface area (Å²) in [5.41, 5.74) is 3.27. The second-order valence-electron chi connectivity index (χ2n) is 5.01. The Bertz CT molecular complexity index is 608. The monoisotopic (exact) mass is 285 g/mol. The van der Waals surface area contributed by atoms with E-state index in [1.54, 1.807) is 13.0 Å². The molecule has 2 nitrogen and oxygen atoms in total. The van der Waals surface area contributed by atoms with Crippen LogP contribution >= 0.6 is 0 Å². The number of oxime groups is 1. The minimum absolute atomic E-state index is 0.209. The van der Waals surface area contributed by atoms with E-state index >= 15 is 0 Å². The molecule has 0 fully saturated rings. The van der Waals surface area contributed by atoms with Crippen LogP contribution in [0.1, 0.15) is 36.5 Å². The van der Waals surface area contributed by atoms with Gasteiger partial charge in [0.2, 0.25) is 0 Å². The van der Waals surface area contributed by atoms with Crippen molar-refractivity contribution in [3.63, 3.8) is 0 Å². The molecule has 0 saturated carbocycles. The van der Waals surface area contributed by atoms with Gasteiger partial charge in [-0.05, 0) is 30.5 Å². The number of hydrogen-bond donors (Lipinski definition) is 0. The zero-order chi connectivity index (χ0) is 15.1. The molecule has 0 aromatic heterocycles. The van der Waals surface area contributed by atoms with E-state index in [2.05, 4.69) is 12.1 Å². The lowest BCUT2D eigenvalue weighted by Crippen LogP contribution is -2.03. The number of rotatable bonds is 6. The van der Waals surface area contributed by atoms with E-state index < -0.39 is 0 Å². The third-order valence-electron chi connectivity index (χ3n) is 3.24. The van der Waals surface area contributed by atoms with Crippen LogP contribution < -0.4 is 0 Å². The normalized spacial score (nSPS) is 11.5. The molecule has 0 saturated heterocycles. The fourth-order valence-electron chi connectivity index (χ4n) is 2.01. The highest BCUT2D eigenvalue weighted by molar-refractivity contribution is 6.00. The van der Waals surface area contributed by atoms with Gasteiger partial charge in [-0.3, -0.25) is 0 Å². The highest BCUT2D eigenvalue weighted by Gasteiger charge is 2.07. The van der Waals surface area contributed by atoms with Crippen LogP contribution in [-0.2, 0) is 11.4 Å². The molecule has 21 heavy (non-hydrogen) atoms. The fourth-order valence-corrected chi connectivity index (χ4v) is 2.01. The molecule has 0 unspecified atom stereocenters. The summed E-state index contributed by atoms with van der Waals surface area (Å²) >= 11 is 0. The van der Waals surface area contributed by atoms with Gasteiger partial charge in [0.25, 0.3) is 0 Å². The van der Waals surface area contributed by atoms with Crippen LogP contribution in [0.4, 0.5) is 4.39 Å². The minimum Gasteiger partial charge on any atom is -0.391 e. The quantitative estimate of drug-likeness (QED) is 0.549. The maximum atomic E-state index is 13.7. The second kappa shape index (κ2) is 7.58. The van der Waals surface area contributed by atoms with Crippen LogP contribution in [0.25, 0.3) is 0 Å². The summed E-state index contributed by atoms with van der Waals surface area (Å²) in [6.45, 7) is 4.24. The van der Waals surface area contributed by atoms with Gasteiger partial charge in [0.1, 0.15) is 12.4 Å². The smallest absolute Gasteiger partial charge is 0.142 e. The largest absolute Gasteiger partial charge is 0.391 e. The summed E-state index contributed by atoms with van der Waals surface area (Å²) in [5.74, 6) is -0.209. The highest BCUT2D eigenvalue weighted by atomic mass is 19.1. The first-order chi connectivity index (χ1) is 10.2. The van der Waals surface area contributed by atoms with Crippen molar-refractivity contribution in [1.82, 2.24) is 0 Å². The SMILES string of the molecule is CCCC(=NOCc1ccccc1)c1ccc(C)c(F)c1. The standard InChI is InChI=1S/C18H20FNO/c1-3-7-18(16-11-10-14(2)17(19)12-16)20-21-13-15-8-5-4-6-9-15/h4-6,8-12H,3,7,13H2,1-2H3. The van der Waals surface area contributed by atoms with Crippen molar-refractivity contribution in [3.05, 3.63) is 71.0 Å². The predicted octanol–water partition coefficient (Wildman–Crippen LogP) is 4.86. The maximum Gasteiger partial charge on any atom is 0.142 e. The first-order valence-corrected chi connectivity index (χ1v) is 7.20. The number of nitrogens with zero attached hydrogens (tertiary/aromatic N) is 1. The second-order valence-corrected chi connectivity index (χ2v) is 5.01. The number of benzene rings is 2. The van der Waals surface area contributed by atoms with E-state index in [1.165, 1.54) is 6.07 Å². The maximum absolute atomic E-state index is 13.7. The first-order valence-electron chi connectivity index (χ1n) is 7.20. The molecule has 110 valence electrons. The van der Waals surface area contributed by atoms with Crippen molar-refractivity contribution < 1.29 is 9.23 Å². The summed E-state index contributed by atoms with van der Waals surface area (Å²) in [6.07, 6.45) is 1.69. The average molecular weight is 285 g/mol. The van der Waals surface area contributed by atoms with Crippen LogP contribution in [0.2, 0.25) is 0 Å².